The summed E-state index contributed by atoms with van der Waals surface area (Å²) in [7, 11) is 0. The molecule has 216 valence electrons. The van der Waals surface area contributed by atoms with Crippen LogP contribution in [0.25, 0.3) is 38.1 Å². The number of anilines is 6. The molecule has 0 amide bonds. The van der Waals surface area contributed by atoms with Gasteiger partial charge < -0.3 is 14.2 Å². The van der Waals surface area contributed by atoms with E-state index in [9.17, 15) is 0 Å². The summed E-state index contributed by atoms with van der Waals surface area (Å²) >= 11 is 1.97. The van der Waals surface area contributed by atoms with Gasteiger partial charge in [-0.1, -0.05) is 96.7 Å². The Balaban J connectivity index is 1.35. The molecule has 0 unspecified atom stereocenters. The van der Waals surface area contributed by atoms with Crippen LogP contribution in [0.15, 0.2) is 155 Å². The Kier molecular flexibility index (Phi) is 4.48. The first kappa shape index (κ1) is 24.6. The van der Waals surface area contributed by atoms with E-state index in [0.717, 1.165) is 0 Å². The summed E-state index contributed by atoms with van der Waals surface area (Å²) in [5.41, 5.74) is 15.6. The number of fused-ring (bicyclic) bond motifs is 8. The molecule has 5 heteroatoms. The van der Waals surface area contributed by atoms with Crippen molar-refractivity contribution in [2.45, 2.75) is 9.79 Å². The second kappa shape index (κ2) is 8.58. The molecule has 0 saturated heterocycles. The first-order valence-corrected chi connectivity index (χ1v) is 17.1. The average molecular weight is 614 g/mol. The molecule has 3 aliphatic heterocycles. The predicted octanol–water partition coefficient (Wildman–Crippen LogP) is 9.38. The molecule has 7 aromatic carbocycles. The molecular weight excluding hydrogens is 589 g/mol. The average Bonchev–Trinajstić information content (AvgIpc) is 3.65. The molecule has 0 spiro atoms. The van der Waals surface area contributed by atoms with Gasteiger partial charge in [-0.25, -0.2) is 0 Å². The van der Waals surface area contributed by atoms with E-state index in [4.69, 9.17) is 0 Å². The Morgan fingerprint density at radius 3 is 1.70 bits per heavy atom. The minimum absolute atomic E-state index is 0.120. The molecule has 2 aromatic heterocycles. The number of hydrogen-bond donors (Lipinski definition) is 0. The van der Waals surface area contributed by atoms with Crippen LogP contribution < -0.4 is 26.2 Å². The molecule has 0 N–H and O–H groups in total. The summed E-state index contributed by atoms with van der Waals surface area (Å²) in [6.07, 6.45) is 0. The standard InChI is InChI=1S/C42H24BN3S/c1-3-13-25(14-4-1)44-31-21-11-22-32-37(31)43-38-33(44)23-12-24-34(38)47-42-36-28-18-8-10-20-30(28)46-29-19-9-7-17-27(29)35(40(36)46)41(39(42)43)45(32)26-15-5-2-6-16-26/h1-24H. The van der Waals surface area contributed by atoms with Gasteiger partial charge in [0.1, 0.15) is 0 Å². The third-order valence-corrected chi connectivity index (χ3v) is 11.8. The summed E-state index contributed by atoms with van der Waals surface area (Å²) in [6.45, 7) is 0.120. The maximum atomic E-state index is 2.58. The van der Waals surface area contributed by atoms with E-state index in [2.05, 4.69) is 160 Å². The van der Waals surface area contributed by atoms with Crippen LogP contribution in [0, 0.1) is 0 Å². The number of rotatable bonds is 2. The summed E-state index contributed by atoms with van der Waals surface area (Å²) < 4.78 is 2.53. The van der Waals surface area contributed by atoms with Crippen molar-refractivity contribution in [3.05, 3.63) is 146 Å². The molecule has 3 aliphatic rings. The lowest BCUT2D eigenvalue weighted by Gasteiger charge is -2.47. The van der Waals surface area contributed by atoms with Crippen molar-refractivity contribution < 1.29 is 0 Å². The number of nitrogens with zero attached hydrogens (tertiary/aromatic N) is 3. The Morgan fingerprint density at radius 1 is 0.447 bits per heavy atom. The monoisotopic (exact) mass is 613 g/mol. The van der Waals surface area contributed by atoms with Crippen molar-refractivity contribution in [3.63, 3.8) is 0 Å². The van der Waals surface area contributed by atoms with Crippen LogP contribution in [-0.2, 0) is 0 Å². The summed E-state index contributed by atoms with van der Waals surface area (Å²) in [5.74, 6) is 0. The van der Waals surface area contributed by atoms with E-state index in [1.165, 1.54) is 98.4 Å². The Morgan fingerprint density at radius 2 is 1.00 bits per heavy atom. The summed E-state index contributed by atoms with van der Waals surface area (Å²) in [6, 6.07) is 53.8. The minimum Gasteiger partial charge on any atom is -0.311 e. The lowest BCUT2D eigenvalue weighted by molar-refractivity contribution is 1.24. The van der Waals surface area contributed by atoms with Gasteiger partial charge in [0.15, 0.2) is 0 Å². The molecular formula is C42H24BN3S. The summed E-state index contributed by atoms with van der Waals surface area (Å²) in [4.78, 5) is 7.82. The van der Waals surface area contributed by atoms with Gasteiger partial charge in [-0.2, -0.15) is 0 Å². The lowest BCUT2D eigenvalue weighted by Crippen LogP contribution is -2.63. The van der Waals surface area contributed by atoms with Crippen molar-refractivity contribution in [2.24, 2.45) is 0 Å². The molecule has 12 rings (SSSR count). The third kappa shape index (κ3) is 2.85. The Bertz CT molecular complexity index is 2790. The highest BCUT2D eigenvalue weighted by molar-refractivity contribution is 8.00. The van der Waals surface area contributed by atoms with Gasteiger partial charge in [0.2, 0.25) is 0 Å². The van der Waals surface area contributed by atoms with Crippen LogP contribution in [0.4, 0.5) is 34.1 Å². The van der Waals surface area contributed by atoms with Crippen molar-refractivity contribution in [1.82, 2.24) is 4.40 Å². The number of aromatic nitrogens is 1. The molecule has 9 aromatic rings. The van der Waals surface area contributed by atoms with Crippen LogP contribution in [0.1, 0.15) is 0 Å². The highest BCUT2D eigenvalue weighted by Gasteiger charge is 2.49. The number of benzene rings is 7. The number of para-hydroxylation sites is 4. The largest absolute Gasteiger partial charge is 0.311 e. The van der Waals surface area contributed by atoms with Gasteiger partial charge in [0, 0.05) is 59.8 Å². The van der Waals surface area contributed by atoms with Crippen LogP contribution in [0.2, 0.25) is 0 Å². The SMILES string of the molecule is c1ccc(N2c3cccc4c3B3c5c2cccc5N(c2ccccc2)c2c3c(c3c5ccccc5n5c6ccccc6c2c35)S4)cc1. The van der Waals surface area contributed by atoms with Crippen LogP contribution >= 0.6 is 11.8 Å². The zero-order valence-electron chi connectivity index (χ0n) is 25.2. The molecule has 5 heterocycles. The first-order valence-electron chi connectivity index (χ1n) is 16.3. The highest BCUT2D eigenvalue weighted by Crippen LogP contribution is 2.55. The van der Waals surface area contributed by atoms with Gasteiger partial charge in [-0.15, -0.1) is 0 Å². The van der Waals surface area contributed by atoms with Crippen molar-refractivity contribution in [3.8, 4) is 0 Å². The fourth-order valence-corrected chi connectivity index (χ4v) is 10.3. The van der Waals surface area contributed by atoms with Gasteiger partial charge in [0.05, 0.1) is 22.2 Å². The first-order chi connectivity index (χ1) is 23.4. The molecule has 0 fully saturated rings. The highest BCUT2D eigenvalue weighted by atomic mass is 32.2. The van der Waals surface area contributed by atoms with Crippen LogP contribution in [0.5, 0.6) is 0 Å². The minimum atomic E-state index is 0.120. The van der Waals surface area contributed by atoms with Gasteiger partial charge in [0.25, 0.3) is 6.71 Å². The van der Waals surface area contributed by atoms with E-state index in [1.807, 2.05) is 11.8 Å². The molecule has 0 radical (unpaired) electrons. The van der Waals surface area contributed by atoms with Crippen molar-refractivity contribution in [1.29, 1.82) is 0 Å². The molecule has 0 bridgehead atoms. The van der Waals surface area contributed by atoms with Crippen molar-refractivity contribution >= 4 is 107 Å². The van der Waals surface area contributed by atoms with Crippen LogP contribution in [0.3, 0.4) is 0 Å². The quantitative estimate of drug-likeness (QED) is 0.180. The van der Waals surface area contributed by atoms with E-state index in [0.29, 0.717) is 0 Å². The van der Waals surface area contributed by atoms with E-state index in [1.54, 1.807) is 0 Å². The molecule has 0 saturated carbocycles. The van der Waals surface area contributed by atoms with Crippen molar-refractivity contribution in [2.75, 3.05) is 9.80 Å². The van der Waals surface area contributed by atoms with E-state index < -0.39 is 0 Å². The molecule has 0 aliphatic carbocycles. The smallest absolute Gasteiger partial charge is 0.255 e. The molecule has 47 heavy (non-hydrogen) atoms. The number of hydrogen-bond acceptors (Lipinski definition) is 3. The zero-order chi connectivity index (χ0) is 30.4. The Hall–Kier alpha value is -5.65. The van der Waals surface area contributed by atoms with Gasteiger partial charge >= 0.3 is 0 Å². The summed E-state index contributed by atoms with van der Waals surface area (Å²) in [5, 5.41) is 5.36. The van der Waals surface area contributed by atoms with E-state index >= 15 is 0 Å². The molecule has 0 atom stereocenters. The van der Waals surface area contributed by atoms with Gasteiger partial charge in [-0.05, 0) is 77.1 Å². The Labute approximate surface area is 275 Å². The topological polar surface area (TPSA) is 10.9 Å². The second-order valence-electron chi connectivity index (χ2n) is 12.8. The van der Waals surface area contributed by atoms with Gasteiger partial charge in [-0.3, -0.25) is 0 Å². The fourth-order valence-electron chi connectivity index (χ4n) is 9.01. The lowest BCUT2D eigenvalue weighted by atomic mass is 9.33. The maximum absolute atomic E-state index is 2.58. The normalized spacial score (nSPS) is 14.2. The predicted molar refractivity (Wildman–Crippen MR) is 199 cm³/mol. The molecule has 3 nitrogen and oxygen atoms in total. The zero-order valence-corrected chi connectivity index (χ0v) is 26.0. The maximum Gasteiger partial charge on any atom is 0.255 e. The van der Waals surface area contributed by atoms with E-state index in [-0.39, 0.29) is 6.71 Å². The van der Waals surface area contributed by atoms with Crippen LogP contribution in [-0.4, -0.2) is 11.1 Å². The fraction of sp³-hybridized carbons (Fsp3) is 0. The second-order valence-corrected chi connectivity index (χ2v) is 13.9. The third-order valence-electron chi connectivity index (χ3n) is 10.6.